The summed E-state index contributed by atoms with van der Waals surface area (Å²) in [6, 6.07) is 14.0. The van der Waals surface area contributed by atoms with Crippen molar-refractivity contribution < 1.29 is 4.74 Å². The highest BCUT2D eigenvalue weighted by atomic mass is 79.9. The highest BCUT2D eigenvalue weighted by Gasteiger charge is 2.14. The van der Waals surface area contributed by atoms with Gasteiger partial charge in [0, 0.05) is 5.02 Å². The van der Waals surface area contributed by atoms with Crippen molar-refractivity contribution in [1.29, 1.82) is 0 Å². The van der Waals surface area contributed by atoms with Crippen LogP contribution in [0.5, 0.6) is 5.75 Å². The normalized spacial score (nSPS) is 12.2. The molecule has 18 heavy (non-hydrogen) atoms. The number of benzene rings is 2. The first kappa shape index (κ1) is 13.4. The molecule has 0 aliphatic heterocycles. The molecule has 0 radical (unpaired) electrons. The molecule has 0 heterocycles. The van der Waals surface area contributed by atoms with E-state index in [1.54, 1.807) is 7.11 Å². The molecule has 2 rings (SSSR count). The Morgan fingerprint density at radius 3 is 2.50 bits per heavy atom. The first-order chi connectivity index (χ1) is 8.63. The predicted molar refractivity (Wildman–Crippen MR) is 80.0 cm³/mol. The van der Waals surface area contributed by atoms with E-state index in [9.17, 15) is 0 Å². The van der Waals surface area contributed by atoms with Crippen molar-refractivity contribution in [2.75, 3.05) is 7.11 Å². The summed E-state index contributed by atoms with van der Waals surface area (Å²) in [5.74, 6) is 0.901. The summed E-state index contributed by atoms with van der Waals surface area (Å²) in [5.41, 5.74) is 3.36. The van der Waals surface area contributed by atoms with Crippen LogP contribution in [0.15, 0.2) is 42.5 Å². The second-order valence-corrected chi connectivity index (χ2v) is 5.44. The number of ether oxygens (including phenoxy) is 1. The average Bonchev–Trinajstić information content (AvgIpc) is 2.38. The zero-order valence-electron chi connectivity index (χ0n) is 10.3. The van der Waals surface area contributed by atoms with E-state index in [2.05, 4.69) is 28.1 Å². The van der Waals surface area contributed by atoms with Crippen LogP contribution in [0, 0.1) is 6.92 Å². The molecule has 0 bridgehead atoms. The van der Waals surface area contributed by atoms with Crippen LogP contribution >= 0.6 is 27.5 Å². The molecule has 0 saturated heterocycles. The van der Waals surface area contributed by atoms with Gasteiger partial charge in [-0.3, -0.25) is 0 Å². The molecule has 3 heteroatoms. The second-order valence-electron chi connectivity index (χ2n) is 4.11. The van der Waals surface area contributed by atoms with Gasteiger partial charge in [-0.05, 0) is 35.7 Å². The molecule has 0 aromatic heterocycles. The maximum atomic E-state index is 6.21. The molecule has 2 aromatic rings. The summed E-state index contributed by atoms with van der Waals surface area (Å²) in [7, 11) is 1.68. The lowest BCUT2D eigenvalue weighted by molar-refractivity contribution is 0.411. The molecule has 0 aliphatic carbocycles. The maximum Gasteiger partial charge on any atom is 0.121 e. The van der Waals surface area contributed by atoms with E-state index in [0.717, 1.165) is 21.9 Å². The van der Waals surface area contributed by atoms with Crippen molar-refractivity contribution in [2.24, 2.45) is 0 Å². The molecule has 2 aromatic carbocycles. The van der Waals surface area contributed by atoms with Crippen LogP contribution in [0.4, 0.5) is 0 Å². The van der Waals surface area contributed by atoms with Gasteiger partial charge >= 0.3 is 0 Å². The summed E-state index contributed by atoms with van der Waals surface area (Å²) in [5, 5.41) is 0.771. The Morgan fingerprint density at radius 2 is 1.89 bits per heavy atom. The third-order valence-electron chi connectivity index (χ3n) is 2.89. The Kier molecular flexibility index (Phi) is 4.31. The number of alkyl halides is 1. The van der Waals surface area contributed by atoms with Gasteiger partial charge in [0.25, 0.3) is 0 Å². The van der Waals surface area contributed by atoms with Crippen molar-refractivity contribution in [3.05, 3.63) is 64.2 Å². The highest BCUT2D eigenvalue weighted by Crippen LogP contribution is 2.36. The third-order valence-corrected chi connectivity index (χ3v) is 4.26. The van der Waals surface area contributed by atoms with Crippen molar-refractivity contribution >= 4 is 27.5 Å². The maximum absolute atomic E-state index is 6.21. The molecule has 1 atom stereocenters. The fraction of sp³-hybridized carbons (Fsp3) is 0.200. The average molecular weight is 326 g/mol. The Hall–Kier alpha value is -0.990. The van der Waals surface area contributed by atoms with Crippen LogP contribution in [0.1, 0.15) is 21.5 Å². The summed E-state index contributed by atoms with van der Waals surface area (Å²) >= 11 is 9.91. The van der Waals surface area contributed by atoms with E-state index in [1.807, 2.05) is 37.3 Å². The van der Waals surface area contributed by atoms with Gasteiger partial charge in [-0.1, -0.05) is 57.9 Å². The smallest absolute Gasteiger partial charge is 0.121 e. The van der Waals surface area contributed by atoms with E-state index in [4.69, 9.17) is 16.3 Å². The van der Waals surface area contributed by atoms with Crippen molar-refractivity contribution in [2.45, 2.75) is 11.8 Å². The van der Waals surface area contributed by atoms with Crippen molar-refractivity contribution in [3.63, 3.8) is 0 Å². The Labute approximate surface area is 121 Å². The molecule has 1 unspecified atom stereocenters. The molecular weight excluding hydrogens is 312 g/mol. The lowest BCUT2D eigenvalue weighted by Crippen LogP contribution is -1.95. The fourth-order valence-electron chi connectivity index (χ4n) is 1.92. The Balaban J connectivity index is 2.37. The molecular formula is C15H14BrClO. The molecule has 0 aliphatic rings. The molecule has 0 fully saturated rings. The minimum atomic E-state index is 0.0933. The predicted octanol–water partition coefficient (Wildman–Crippen LogP) is 5.14. The number of methoxy groups -OCH3 is 1. The van der Waals surface area contributed by atoms with Gasteiger partial charge in [0.1, 0.15) is 5.75 Å². The monoisotopic (exact) mass is 324 g/mol. The minimum Gasteiger partial charge on any atom is -0.496 e. The standard InChI is InChI=1S/C15H14BrClO/c1-10-9-11(7-8-14(10)18-2)15(16)12-5-3-4-6-13(12)17/h3-9,15H,1-2H3. The first-order valence-electron chi connectivity index (χ1n) is 5.66. The van der Waals surface area contributed by atoms with Crippen LogP contribution in [0.25, 0.3) is 0 Å². The molecule has 1 nitrogen and oxygen atoms in total. The fourth-order valence-corrected chi connectivity index (χ4v) is 2.98. The molecule has 0 saturated carbocycles. The zero-order valence-corrected chi connectivity index (χ0v) is 12.6. The van der Waals surface area contributed by atoms with Gasteiger partial charge in [0.15, 0.2) is 0 Å². The van der Waals surface area contributed by atoms with Gasteiger partial charge < -0.3 is 4.74 Å². The van der Waals surface area contributed by atoms with Crippen LogP contribution in [-0.2, 0) is 0 Å². The van der Waals surface area contributed by atoms with E-state index in [0.29, 0.717) is 0 Å². The van der Waals surface area contributed by atoms with E-state index < -0.39 is 0 Å². The molecule has 94 valence electrons. The van der Waals surface area contributed by atoms with Crippen LogP contribution in [0.3, 0.4) is 0 Å². The minimum absolute atomic E-state index is 0.0933. The first-order valence-corrected chi connectivity index (χ1v) is 6.96. The lowest BCUT2D eigenvalue weighted by Gasteiger charge is -2.14. The highest BCUT2D eigenvalue weighted by molar-refractivity contribution is 9.09. The van der Waals surface area contributed by atoms with Gasteiger partial charge in [-0.2, -0.15) is 0 Å². The quantitative estimate of drug-likeness (QED) is 0.710. The van der Waals surface area contributed by atoms with E-state index in [-0.39, 0.29) is 4.83 Å². The summed E-state index contributed by atoms with van der Waals surface area (Å²) in [6.07, 6.45) is 0. The van der Waals surface area contributed by atoms with Crippen molar-refractivity contribution in [3.8, 4) is 5.75 Å². The largest absolute Gasteiger partial charge is 0.496 e. The number of hydrogen-bond acceptors (Lipinski definition) is 1. The van der Waals surface area contributed by atoms with E-state index >= 15 is 0 Å². The Bertz CT molecular complexity index is 554. The van der Waals surface area contributed by atoms with Gasteiger partial charge in [0.05, 0.1) is 11.9 Å². The lowest BCUT2D eigenvalue weighted by atomic mass is 10.0. The van der Waals surface area contributed by atoms with E-state index in [1.165, 1.54) is 5.56 Å². The summed E-state index contributed by atoms with van der Waals surface area (Å²) in [4.78, 5) is 0.0933. The summed E-state index contributed by atoms with van der Waals surface area (Å²) < 4.78 is 5.27. The van der Waals surface area contributed by atoms with Crippen LogP contribution < -0.4 is 4.74 Å². The van der Waals surface area contributed by atoms with Gasteiger partial charge in [-0.25, -0.2) is 0 Å². The van der Waals surface area contributed by atoms with Crippen molar-refractivity contribution in [1.82, 2.24) is 0 Å². The third kappa shape index (κ3) is 2.70. The number of rotatable bonds is 3. The molecule has 0 spiro atoms. The summed E-state index contributed by atoms with van der Waals surface area (Å²) in [6.45, 7) is 2.04. The van der Waals surface area contributed by atoms with Gasteiger partial charge in [-0.15, -0.1) is 0 Å². The number of hydrogen-bond donors (Lipinski definition) is 0. The molecule has 0 N–H and O–H groups in total. The Morgan fingerprint density at radius 1 is 1.17 bits per heavy atom. The van der Waals surface area contributed by atoms with Gasteiger partial charge in [0.2, 0.25) is 0 Å². The topological polar surface area (TPSA) is 9.23 Å². The number of halogens is 2. The zero-order chi connectivity index (χ0) is 13.1. The second kappa shape index (κ2) is 5.77. The van der Waals surface area contributed by atoms with Crippen LogP contribution in [-0.4, -0.2) is 7.11 Å². The SMILES string of the molecule is COc1ccc(C(Br)c2ccccc2Cl)cc1C. The number of aryl methyl sites for hydroxylation is 1. The molecule has 0 amide bonds. The van der Waals surface area contributed by atoms with Crippen LogP contribution in [0.2, 0.25) is 5.02 Å².